The lowest BCUT2D eigenvalue weighted by molar-refractivity contribution is -0.171. The number of hydrogen-bond acceptors (Lipinski definition) is 5. The number of ether oxygens (including phenoxy) is 1. The van der Waals surface area contributed by atoms with Crippen molar-refractivity contribution in [2.45, 2.75) is 51.2 Å². The minimum atomic E-state index is -1.42. The van der Waals surface area contributed by atoms with Crippen molar-refractivity contribution in [3.63, 3.8) is 0 Å². The molecule has 3 rings (SSSR count). The van der Waals surface area contributed by atoms with Crippen molar-refractivity contribution in [2.75, 3.05) is 0 Å². The van der Waals surface area contributed by atoms with Crippen molar-refractivity contribution >= 4 is 5.97 Å². The highest BCUT2D eigenvalue weighted by Gasteiger charge is 2.51. The summed E-state index contributed by atoms with van der Waals surface area (Å²) in [6.45, 7) is 6.85. The van der Waals surface area contributed by atoms with E-state index in [0.29, 0.717) is 22.4 Å². The van der Waals surface area contributed by atoms with Crippen LogP contribution in [0.5, 0.6) is 0 Å². The predicted octanol–water partition coefficient (Wildman–Crippen LogP) is 1.97. The minimum Gasteiger partial charge on any atom is -0.460 e. The van der Waals surface area contributed by atoms with Crippen LogP contribution in [0.3, 0.4) is 0 Å². The average Bonchev–Trinajstić information content (AvgIpc) is 2.91. The standard InChI is InChI=1S/C20H23N3O4/c1-19(2,3)27-18(25)16-14(12-7-5-11(10-21)6-8-12)15-13(9-20(16,4)26)22-23-17(15)24/h5-8,14,16,26H,9H2,1-4H3,(H2,22,23,24)/t14-,16+,20+/m1/s1. The topological polar surface area (TPSA) is 119 Å². The van der Waals surface area contributed by atoms with Gasteiger partial charge in [0.2, 0.25) is 0 Å². The Morgan fingerprint density at radius 2 is 1.93 bits per heavy atom. The zero-order valence-corrected chi connectivity index (χ0v) is 15.8. The Labute approximate surface area is 157 Å². The molecular weight excluding hydrogens is 346 g/mol. The van der Waals surface area contributed by atoms with Crippen LogP contribution in [-0.2, 0) is 16.0 Å². The highest BCUT2D eigenvalue weighted by atomic mass is 16.6. The Bertz CT molecular complexity index is 955. The second kappa shape index (κ2) is 6.39. The molecule has 27 heavy (non-hydrogen) atoms. The van der Waals surface area contributed by atoms with Crippen LogP contribution in [0.15, 0.2) is 29.1 Å². The number of H-pyrrole nitrogens is 2. The van der Waals surface area contributed by atoms with Gasteiger partial charge < -0.3 is 14.9 Å². The van der Waals surface area contributed by atoms with Crippen LogP contribution in [0.25, 0.3) is 0 Å². The lowest BCUT2D eigenvalue weighted by atomic mass is 9.66. The van der Waals surface area contributed by atoms with Crippen molar-refractivity contribution in [1.29, 1.82) is 5.26 Å². The molecule has 0 unspecified atom stereocenters. The first-order valence-electron chi connectivity index (χ1n) is 8.78. The number of aromatic nitrogens is 2. The highest BCUT2D eigenvalue weighted by Crippen LogP contribution is 2.44. The van der Waals surface area contributed by atoms with Gasteiger partial charge in [-0.05, 0) is 45.4 Å². The number of esters is 1. The molecule has 3 N–H and O–H groups in total. The molecule has 0 saturated heterocycles. The van der Waals surface area contributed by atoms with E-state index < -0.39 is 29.0 Å². The van der Waals surface area contributed by atoms with E-state index in [1.165, 1.54) is 0 Å². The summed E-state index contributed by atoms with van der Waals surface area (Å²) in [6.07, 6.45) is 0.123. The predicted molar refractivity (Wildman–Crippen MR) is 98.1 cm³/mol. The van der Waals surface area contributed by atoms with E-state index in [4.69, 9.17) is 10.00 Å². The summed E-state index contributed by atoms with van der Waals surface area (Å²) >= 11 is 0. The van der Waals surface area contributed by atoms with Gasteiger partial charge in [0.15, 0.2) is 0 Å². The molecule has 0 bridgehead atoms. The average molecular weight is 369 g/mol. The van der Waals surface area contributed by atoms with Crippen LogP contribution in [0.2, 0.25) is 0 Å². The second-order valence-corrected chi connectivity index (χ2v) is 8.23. The van der Waals surface area contributed by atoms with Crippen molar-refractivity contribution in [1.82, 2.24) is 10.2 Å². The molecule has 0 aliphatic heterocycles. The molecule has 0 radical (unpaired) electrons. The number of aliphatic hydroxyl groups is 1. The fourth-order valence-corrected chi connectivity index (χ4v) is 3.75. The molecule has 142 valence electrons. The van der Waals surface area contributed by atoms with Crippen LogP contribution >= 0.6 is 0 Å². The zero-order chi connectivity index (χ0) is 20.0. The molecule has 0 amide bonds. The fourth-order valence-electron chi connectivity index (χ4n) is 3.75. The number of aromatic amines is 2. The van der Waals surface area contributed by atoms with Crippen LogP contribution in [-0.4, -0.2) is 32.5 Å². The quantitative estimate of drug-likeness (QED) is 0.699. The first-order valence-corrected chi connectivity index (χ1v) is 8.78. The normalized spacial score (nSPS) is 24.7. The van der Waals surface area contributed by atoms with E-state index in [-0.39, 0.29) is 12.0 Å². The molecule has 1 heterocycles. The number of nitrogens with zero attached hydrogens (tertiary/aromatic N) is 1. The van der Waals surface area contributed by atoms with E-state index in [1.54, 1.807) is 52.0 Å². The van der Waals surface area contributed by atoms with Gasteiger partial charge in [-0.3, -0.25) is 14.7 Å². The largest absolute Gasteiger partial charge is 0.460 e. The monoisotopic (exact) mass is 369 g/mol. The minimum absolute atomic E-state index is 0.123. The van der Waals surface area contributed by atoms with Gasteiger partial charge in [-0.2, -0.15) is 5.26 Å². The van der Waals surface area contributed by atoms with Crippen molar-refractivity contribution < 1.29 is 14.6 Å². The lowest BCUT2D eigenvalue weighted by Gasteiger charge is -2.41. The maximum Gasteiger partial charge on any atom is 0.313 e. The lowest BCUT2D eigenvalue weighted by Crippen LogP contribution is -2.51. The van der Waals surface area contributed by atoms with Gasteiger partial charge in [-0.15, -0.1) is 0 Å². The number of fused-ring (bicyclic) bond motifs is 1. The molecule has 1 aliphatic rings. The van der Waals surface area contributed by atoms with Gasteiger partial charge in [-0.25, -0.2) is 0 Å². The third kappa shape index (κ3) is 3.53. The van der Waals surface area contributed by atoms with Crippen LogP contribution in [0.4, 0.5) is 0 Å². The first-order chi connectivity index (χ1) is 12.5. The summed E-state index contributed by atoms with van der Waals surface area (Å²) in [4.78, 5) is 25.5. The van der Waals surface area contributed by atoms with Crippen LogP contribution in [0.1, 0.15) is 56.0 Å². The van der Waals surface area contributed by atoms with Crippen LogP contribution in [0, 0.1) is 17.2 Å². The van der Waals surface area contributed by atoms with E-state index in [2.05, 4.69) is 10.2 Å². The molecule has 0 spiro atoms. The zero-order valence-electron chi connectivity index (χ0n) is 15.8. The van der Waals surface area contributed by atoms with E-state index in [1.807, 2.05) is 6.07 Å². The number of carbonyl (C=O) groups is 1. The maximum atomic E-state index is 13.0. The third-order valence-corrected chi connectivity index (χ3v) is 4.81. The Kier molecular flexibility index (Phi) is 4.48. The van der Waals surface area contributed by atoms with Crippen LogP contribution < -0.4 is 5.56 Å². The molecule has 1 aromatic heterocycles. The molecule has 1 aromatic carbocycles. The van der Waals surface area contributed by atoms with Gasteiger partial charge >= 0.3 is 5.97 Å². The molecule has 1 aliphatic carbocycles. The van der Waals surface area contributed by atoms with E-state index >= 15 is 0 Å². The summed E-state index contributed by atoms with van der Waals surface area (Å²) < 4.78 is 5.57. The van der Waals surface area contributed by atoms with Gasteiger partial charge in [0.25, 0.3) is 5.56 Å². The van der Waals surface area contributed by atoms with Crippen molar-refractivity contribution in [3.8, 4) is 6.07 Å². The molecular formula is C20H23N3O4. The summed E-state index contributed by atoms with van der Waals surface area (Å²) in [5.74, 6) is -2.22. The van der Waals surface area contributed by atoms with Gasteiger partial charge in [0, 0.05) is 23.6 Å². The highest BCUT2D eigenvalue weighted by molar-refractivity contribution is 5.77. The van der Waals surface area contributed by atoms with E-state index in [0.717, 1.165) is 0 Å². The van der Waals surface area contributed by atoms with E-state index in [9.17, 15) is 14.7 Å². The number of carbonyl (C=O) groups excluding carboxylic acids is 1. The van der Waals surface area contributed by atoms with Gasteiger partial charge in [-0.1, -0.05) is 12.1 Å². The Balaban J connectivity index is 2.18. The summed E-state index contributed by atoms with van der Waals surface area (Å²) in [6, 6.07) is 8.72. The Morgan fingerprint density at radius 3 is 2.48 bits per heavy atom. The fraction of sp³-hybridized carbons (Fsp3) is 0.450. The Morgan fingerprint density at radius 1 is 1.30 bits per heavy atom. The smallest absolute Gasteiger partial charge is 0.313 e. The van der Waals surface area contributed by atoms with Crippen molar-refractivity contribution in [3.05, 3.63) is 57.0 Å². The molecule has 7 heteroatoms. The SMILES string of the molecule is CC(C)(C)OC(=O)[C@@H]1[C@H](c2ccc(C#N)cc2)c2c([nH][nH]c2=O)C[C@]1(C)O. The number of rotatable bonds is 2. The van der Waals surface area contributed by atoms with Crippen molar-refractivity contribution in [2.24, 2.45) is 5.92 Å². The molecule has 3 atom stereocenters. The summed E-state index contributed by atoms with van der Waals surface area (Å²) in [7, 11) is 0. The summed E-state index contributed by atoms with van der Waals surface area (Å²) in [5.41, 5.74) is -0.356. The molecule has 7 nitrogen and oxygen atoms in total. The molecule has 0 saturated carbocycles. The molecule has 2 aromatic rings. The number of nitrogens with one attached hydrogen (secondary N) is 2. The molecule has 0 fully saturated rings. The third-order valence-electron chi connectivity index (χ3n) is 4.81. The maximum absolute atomic E-state index is 13.0. The Hall–Kier alpha value is -2.85. The summed E-state index contributed by atoms with van der Waals surface area (Å²) in [5, 5.41) is 25.5. The number of benzene rings is 1. The second-order valence-electron chi connectivity index (χ2n) is 8.23. The number of hydrogen-bond donors (Lipinski definition) is 3. The first kappa shape index (κ1) is 18.9. The van der Waals surface area contributed by atoms with Gasteiger partial charge in [0.1, 0.15) is 5.60 Å². The number of nitriles is 1. The van der Waals surface area contributed by atoms with Gasteiger partial charge in [0.05, 0.1) is 23.2 Å².